The molecule has 232 valence electrons. The molecule has 46 heavy (non-hydrogen) atoms. The van der Waals surface area contributed by atoms with Gasteiger partial charge in [-0.25, -0.2) is 4.98 Å². The van der Waals surface area contributed by atoms with Gasteiger partial charge in [-0.15, -0.1) is 17.7 Å². The Morgan fingerprint density at radius 1 is 0.543 bits per heavy atom. The molecular weight excluding hydrogens is 746 g/mol. The first-order chi connectivity index (χ1) is 21.6. The molecule has 0 N–H and O–H groups in total. The van der Waals surface area contributed by atoms with Crippen molar-refractivity contribution in [3.05, 3.63) is 139 Å². The number of benzene rings is 3. The normalized spacial score (nSPS) is 11.5. The molecule has 0 fully saturated rings. The van der Waals surface area contributed by atoms with E-state index in [1.165, 1.54) is 11.1 Å². The van der Waals surface area contributed by atoms with Crippen LogP contribution in [0.2, 0.25) is 0 Å². The fourth-order valence-electron chi connectivity index (χ4n) is 5.25. The first-order valence-corrected chi connectivity index (χ1v) is 15.3. The zero-order valence-corrected chi connectivity index (χ0v) is 29.3. The monoisotopic (exact) mass is 782 g/mol. The number of nitrogens with zero attached hydrogens (tertiary/aromatic N) is 3. The molecule has 3 aromatic heterocycles. The average Bonchev–Trinajstić information content (AvgIpc) is 3.05. The van der Waals surface area contributed by atoms with E-state index in [0.717, 1.165) is 44.8 Å². The van der Waals surface area contributed by atoms with Crippen LogP contribution < -0.4 is 4.74 Å². The fourth-order valence-corrected chi connectivity index (χ4v) is 5.25. The number of hydrogen-bond donors (Lipinski definition) is 0. The van der Waals surface area contributed by atoms with Gasteiger partial charge in [0.15, 0.2) is 5.88 Å². The molecule has 0 spiro atoms. The van der Waals surface area contributed by atoms with E-state index in [0.29, 0.717) is 11.6 Å². The van der Waals surface area contributed by atoms with Crippen LogP contribution >= 0.6 is 0 Å². The summed E-state index contributed by atoms with van der Waals surface area (Å²) in [7, 11) is 0. The predicted molar refractivity (Wildman–Crippen MR) is 183 cm³/mol. The Morgan fingerprint density at radius 3 is 1.57 bits per heavy atom. The molecule has 0 atom stereocenters. The summed E-state index contributed by atoms with van der Waals surface area (Å²) >= 11 is 0. The molecule has 0 unspecified atom stereocenters. The van der Waals surface area contributed by atoms with Crippen molar-refractivity contribution in [2.45, 2.75) is 52.4 Å². The molecule has 6 aromatic rings. The molecule has 0 radical (unpaired) electrons. The summed E-state index contributed by atoms with van der Waals surface area (Å²) in [5.41, 5.74) is 9.80. The van der Waals surface area contributed by atoms with Crippen LogP contribution in [-0.2, 0) is 31.9 Å². The smallest absolute Gasteiger partial charge is 0.471 e. The van der Waals surface area contributed by atoms with Gasteiger partial charge in [-0.2, -0.15) is 5.56 Å². The molecule has 0 bridgehead atoms. The Labute approximate surface area is 287 Å². The van der Waals surface area contributed by atoms with Gasteiger partial charge in [0.25, 0.3) is 0 Å². The zero-order chi connectivity index (χ0) is 31.6. The Hall–Kier alpha value is -4.40. The minimum absolute atomic E-state index is 0. The minimum atomic E-state index is -0.0266. The van der Waals surface area contributed by atoms with Crippen molar-refractivity contribution in [3.63, 3.8) is 0 Å². The van der Waals surface area contributed by atoms with E-state index in [1.807, 2.05) is 61.1 Å². The van der Waals surface area contributed by atoms with Crippen molar-refractivity contribution in [1.82, 2.24) is 15.0 Å². The van der Waals surface area contributed by atoms with Crippen LogP contribution in [0.15, 0.2) is 116 Å². The van der Waals surface area contributed by atoms with E-state index in [4.69, 9.17) is 19.7 Å². The molecular formula is C41H37N3OPt. The first kappa shape index (κ1) is 33.0. The number of hydrogen-bond acceptors (Lipinski definition) is 4. The van der Waals surface area contributed by atoms with Gasteiger partial charge < -0.3 is 14.7 Å². The standard InChI is InChI=1S/C41H37N3O.Pt/c1-40(2,3)30-19-21-42-37(23-30)34-25-32(17-18-33(34)28-13-9-7-10-14-28)45-39-26-35(36(27-44-39)29-15-11-8-12-16-29)38-24-31(20-22-43-38)41(4,5)6;/h7-24,27H,1-6H3;/q-2;+2. The zero-order valence-electron chi connectivity index (χ0n) is 27.0. The summed E-state index contributed by atoms with van der Waals surface area (Å²) in [6, 6.07) is 39.9. The van der Waals surface area contributed by atoms with Crippen molar-refractivity contribution in [3.8, 4) is 56.4 Å². The average molecular weight is 783 g/mol. The maximum atomic E-state index is 6.40. The molecule has 4 nitrogen and oxygen atoms in total. The van der Waals surface area contributed by atoms with Crippen LogP contribution in [0.5, 0.6) is 11.6 Å². The van der Waals surface area contributed by atoms with Gasteiger partial charge in [0.2, 0.25) is 0 Å². The quantitative estimate of drug-likeness (QED) is 0.158. The molecule has 0 amide bonds. The third kappa shape index (κ3) is 7.35. The predicted octanol–water partition coefficient (Wildman–Crippen LogP) is 10.5. The Bertz CT molecular complexity index is 1800. The van der Waals surface area contributed by atoms with Gasteiger partial charge in [0, 0.05) is 18.1 Å². The van der Waals surface area contributed by atoms with Gasteiger partial charge in [0.1, 0.15) is 0 Å². The molecule has 0 aliphatic heterocycles. The Morgan fingerprint density at radius 2 is 1.04 bits per heavy atom. The third-order valence-corrected chi connectivity index (χ3v) is 7.87. The van der Waals surface area contributed by atoms with Crippen LogP contribution in [0.25, 0.3) is 44.8 Å². The van der Waals surface area contributed by atoms with Crippen molar-refractivity contribution in [2.75, 3.05) is 0 Å². The van der Waals surface area contributed by atoms with Gasteiger partial charge >= 0.3 is 21.1 Å². The second-order valence-corrected chi connectivity index (χ2v) is 13.3. The second-order valence-electron chi connectivity index (χ2n) is 13.3. The summed E-state index contributed by atoms with van der Waals surface area (Å²) in [6.45, 7) is 13.2. The fraction of sp³-hybridized carbons (Fsp3) is 0.195. The second kappa shape index (κ2) is 13.5. The summed E-state index contributed by atoms with van der Waals surface area (Å²) in [6.07, 6.45) is 5.57. The van der Waals surface area contributed by atoms with Crippen molar-refractivity contribution < 1.29 is 25.8 Å². The van der Waals surface area contributed by atoms with Crippen molar-refractivity contribution in [2.24, 2.45) is 0 Å². The number of pyridine rings is 3. The molecule has 5 heteroatoms. The molecule has 6 rings (SSSR count). The maximum absolute atomic E-state index is 6.40. The summed E-state index contributed by atoms with van der Waals surface area (Å²) in [5, 5.41) is 0. The van der Waals surface area contributed by atoms with E-state index < -0.39 is 0 Å². The van der Waals surface area contributed by atoms with E-state index in [-0.39, 0.29) is 31.9 Å². The molecule has 0 saturated carbocycles. The van der Waals surface area contributed by atoms with E-state index >= 15 is 0 Å². The third-order valence-electron chi connectivity index (χ3n) is 7.87. The molecule has 3 heterocycles. The number of aromatic nitrogens is 3. The topological polar surface area (TPSA) is 47.9 Å². The summed E-state index contributed by atoms with van der Waals surface area (Å²) in [4.78, 5) is 14.2. The van der Waals surface area contributed by atoms with Crippen LogP contribution in [0.1, 0.15) is 52.7 Å². The first-order valence-electron chi connectivity index (χ1n) is 15.3. The van der Waals surface area contributed by atoms with Gasteiger partial charge in [0.05, 0.1) is 0 Å². The van der Waals surface area contributed by atoms with Gasteiger partial charge in [-0.1, -0.05) is 154 Å². The van der Waals surface area contributed by atoms with Crippen LogP contribution in [-0.4, -0.2) is 15.0 Å². The number of ether oxygens (including phenoxy) is 1. The van der Waals surface area contributed by atoms with Gasteiger partial charge in [-0.05, 0) is 46.1 Å². The van der Waals surface area contributed by atoms with E-state index in [9.17, 15) is 0 Å². The molecule has 0 aliphatic rings. The van der Waals surface area contributed by atoms with E-state index in [1.54, 1.807) is 0 Å². The van der Waals surface area contributed by atoms with Crippen LogP contribution in [0.4, 0.5) is 0 Å². The summed E-state index contributed by atoms with van der Waals surface area (Å²) < 4.78 is 6.40. The largest absolute Gasteiger partial charge is 2.00 e. The van der Waals surface area contributed by atoms with Crippen molar-refractivity contribution in [1.29, 1.82) is 0 Å². The Balaban J connectivity index is 0.00000417. The van der Waals surface area contributed by atoms with Gasteiger partial charge in [-0.3, -0.25) is 0 Å². The SMILES string of the molecule is CC(C)(C)c1ccnc(-c2[c-]c(Oc3[c-]c(-c4cc(C(C)(C)C)ccn4)c(-c4ccccc4)cn3)ccc2-c2ccccc2)c1.[Pt+2]. The summed E-state index contributed by atoms with van der Waals surface area (Å²) in [5.74, 6) is 0.880. The molecule has 0 aliphatic carbocycles. The maximum Gasteiger partial charge on any atom is 2.00 e. The number of rotatable bonds is 6. The molecule has 0 saturated heterocycles. The van der Waals surface area contributed by atoms with Crippen molar-refractivity contribution >= 4 is 0 Å². The van der Waals surface area contributed by atoms with Crippen LogP contribution in [0, 0.1) is 12.1 Å². The minimum Gasteiger partial charge on any atom is -0.471 e. The van der Waals surface area contributed by atoms with Crippen LogP contribution in [0.3, 0.4) is 0 Å². The Kier molecular flexibility index (Phi) is 9.70. The molecule has 3 aromatic carbocycles. The van der Waals surface area contributed by atoms with E-state index in [2.05, 4.69) is 108 Å².